The molecule has 2 aromatic rings. The Morgan fingerprint density at radius 3 is 2.58 bits per heavy atom. The number of ether oxygens (including phenoxy) is 1. The van der Waals surface area contributed by atoms with Gasteiger partial charge in [-0.1, -0.05) is 54.6 Å². The maximum Gasteiger partial charge on any atom is 0.126 e. The highest BCUT2D eigenvalue weighted by atomic mass is 16.5. The van der Waals surface area contributed by atoms with Gasteiger partial charge in [0.25, 0.3) is 0 Å². The topological polar surface area (TPSA) is 54.1 Å². The zero-order valence-electron chi connectivity index (χ0n) is 15.5. The summed E-state index contributed by atoms with van der Waals surface area (Å²) in [5.74, 6) is 0. The monoisotopic (exact) mass is 356 g/mol. The molecule has 0 amide bonds. The van der Waals surface area contributed by atoms with E-state index in [-0.39, 0.29) is 18.8 Å². The number of piperidine rings is 1. The maximum absolute atomic E-state index is 10.5. The summed E-state index contributed by atoms with van der Waals surface area (Å²) in [6.45, 7) is 4.72. The molecular weight excluding hydrogens is 326 g/mol. The van der Waals surface area contributed by atoms with Crippen LogP contribution >= 0.6 is 0 Å². The van der Waals surface area contributed by atoms with Crippen molar-refractivity contribution in [3.8, 4) is 0 Å². The fourth-order valence-corrected chi connectivity index (χ4v) is 3.78. The Balaban J connectivity index is 1.65. The van der Waals surface area contributed by atoms with E-state index in [4.69, 9.17) is 4.74 Å². The second-order valence-corrected chi connectivity index (χ2v) is 7.34. The lowest BCUT2D eigenvalue weighted by Gasteiger charge is -2.29. The number of hydrogen-bond acceptors (Lipinski definition) is 3. The minimum Gasteiger partial charge on any atom is -0.387 e. The average Bonchev–Trinajstić information content (AvgIpc) is 2.64. The quantitative estimate of drug-likeness (QED) is 0.705. The van der Waals surface area contributed by atoms with Gasteiger partial charge in [0.15, 0.2) is 0 Å². The van der Waals surface area contributed by atoms with E-state index in [0.717, 1.165) is 37.1 Å². The number of aliphatic hydroxyl groups excluding tert-OH is 2. The van der Waals surface area contributed by atoms with Gasteiger partial charge in [-0.25, -0.2) is 0 Å². The van der Waals surface area contributed by atoms with Crippen molar-refractivity contribution in [1.82, 2.24) is 0 Å². The van der Waals surface area contributed by atoms with Crippen LogP contribution in [-0.2, 0) is 4.74 Å². The highest BCUT2D eigenvalue weighted by molar-refractivity contribution is 5.35. The van der Waals surface area contributed by atoms with Crippen molar-refractivity contribution in [2.75, 3.05) is 26.2 Å². The third-order valence-electron chi connectivity index (χ3n) is 5.14. The maximum atomic E-state index is 10.5. The molecule has 2 aromatic carbocycles. The smallest absolute Gasteiger partial charge is 0.126 e. The Bertz CT molecular complexity index is 676. The van der Waals surface area contributed by atoms with Crippen LogP contribution in [0.3, 0.4) is 0 Å². The largest absolute Gasteiger partial charge is 0.387 e. The van der Waals surface area contributed by atoms with Gasteiger partial charge in [-0.05, 0) is 36.5 Å². The number of hydrogen-bond donors (Lipinski definition) is 3. The predicted octanol–water partition coefficient (Wildman–Crippen LogP) is 1.50. The molecule has 0 saturated carbocycles. The van der Waals surface area contributed by atoms with Crippen LogP contribution in [0.1, 0.15) is 35.6 Å². The van der Waals surface area contributed by atoms with Crippen molar-refractivity contribution in [3.63, 3.8) is 0 Å². The molecule has 1 aliphatic heterocycles. The second-order valence-electron chi connectivity index (χ2n) is 7.34. The van der Waals surface area contributed by atoms with E-state index in [9.17, 15) is 10.2 Å². The number of aliphatic hydroxyl groups is 2. The summed E-state index contributed by atoms with van der Waals surface area (Å²) in [7, 11) is 0. The first-order valence-corrected chi connectivity index (χ1v) is 9.55. The van der Waals surface area contributed by atoms with Gasteiger partial charge in [-0.2, -0.15) is 0 Å². The highest BCUT2D eigenvalue weighted by Crippen LogP contribution is 2.28. The minimum absolute atomic E-state index is 0.186. The molecule has 0 aliphatic carbocycles. The Morgan fingerprint density at radius 1 is 1.12 bits per heavy atom. The standard InChI is InChI=1S/C22H29NO3/c1-17-8-5-6-12-21(17)22(18-9-3-2-4-10-18)26-16-20(25)15-23-13-7-11-19(24)14-23/h2-6,8-10,12,19-20,22,24-25H,7,11,13-16H2,1H3/p+1/t19-,20-,22+/m0/s1. The van der Waals surface area contributed by atoms with E-state index < -0.39 is 6.10 Å². The third-order valence-corrected chi connectivity index (χ3v) is 5.14. The molecule has 3 rings (SSSR count). The molecule has 0 radical (unpaired) electrons. The fourth-order valence-electron chi connectivity index (χ4n) is 3.78. The van der Waals surface area contributed by atoms with Crippen LogP contribution in [0.15, 0.2) is 54.6 Å². The molecule has 1 unspecified atom stereocenters. The van der Waals surface area contributed by atoms with Gasteiger partial charge < -0.3 is 19.8 Å². The highest BCUT2D eigenvalue weighted by Gasteiger charge is 2.25. The van der Waals surface area contributed by atoms with Crippen LogP contribution in [-0.4, -0.2) is 48.7 Å². The first-order chi connectivity index (χ1) is 12.6. The van der Waals surface area contributed by atoms with Crippen molar-refractivity contribution in [2.45, 2.75) is 38.1 Å². The van der Waals surface area contributed by atoms with Gasteiger partial charge in [0, 0.05) is 0 Å². The van der Waals surface area contributed by atoms with E-state index in [1.165, 1.54) is 10.5 Å². The lowest BCUT2D eigenvalue weighted by molar-refractivity contribution is -0.911. The molecule has 4 atom stereocenters. The van der Waals surface area contributed by atoms with Gasteiger partial charge in [0.05, 0.1) is 13.2 Å². The van der Waals surface area contributed by atoms with Crippen molar-refractivity contribution >= 4 is 0 Å². The first-order valence-electron chi connectivity index (χ1n) is 9.55. The number of benzene rings is 2. The number of rotatable bonds is 7. The third kappa shape index (κ3) is 5.15. The Hall–Kier alpha value is -1.72. The van der Waals surface area contributed by atoms with Crippen LogP contribution in [0, 0.1) is 6.92 Å². The van der Waals surface area contributed by atoms with Gasteiger partial charge in [-0.3, -0.25) is 0 Å². The summed E-state index contributed by atoms with van der Waals surface area (Å²) in [6.07, 6.45) is 0.926. The summed E-state index contributed by atoms with van der Waals surface area (Å²) in [5.41, 5.74) is 3.40. The molecule has 1 aliphatic rings. The number of likely N-dealkylation sites (tertiary alicyclic amines) is 1. The first kappa shape index (κ1) is 19.1. The van der Waals surface area contributed by atoms with E-state index in [2.05, 4.69) is 31.2 Å². The van der Waals surface area contributed by atoms with Gasteiger partial charge in [-0.15, -0.1) is 0 Å². The van der Waals surface area contributed by atoms with Crippen molar-refractivity contribution in [3.05, 3.63) is 71.3 Å². The number of quaternary nitrogens is 1. The molecule has 0 spiro atoms. The Morgan fingerprint density at radius 2 is 1.85 bits per heavy atom. The van der Waals surface area contributed by atoms with Gasteiger partial charge in [0.2, 0.25) is 0 Å². The molecule has 1 saturated heterocycles. The summed E-state index contributed by atoms with van der Waals surface area (Å²) < 4.78 is 6.20. The van der Waals surface area contributed by atoms with E-state index in [1.807, 2.05) is 30.3 Å². The van der Waals surface area contributed by atoms with Gasteiger partial charge >= 0.3 is 0 Å². The molecule has 3 N–H and O–H groups in total. The zero-order valence-corrected chi connectivity index (χ0v) is 15.5. The van der Waals surface area contributed by atoms with Crippen LogP contribution in [0.4, 0.5) is 0 Å². The lowest BCUT2D eigenvalue weighted by Crippen LogP contribution is -3.15. The number of nitrogens with one attached hydrogen (secondary N) is 1. The van der Waals surface area contributed by atoms with Crippen LogP contribution in [0.5, 0.6) is 0 Å². The molecule has 4 nitrogen and oxygen atoms in total. The second kappa shape index (κ2) is 9.28. The van der Waals surface area contributed by atoms with Crippen molar-refractivity contribution in [2.24, 2.45) is 0 Å². The van der Waals surface area contributed by atoms with Crippen molar-refractivity contribution in [1.29, 1.82) is 0 Å². The van der Waals surface area contributed by atoms with Gasteiger partial charge in [0.1, 0.15) is 31.4 Å². The fraction of sp³-hybridized carbons (Fsp3) is 0.455. The lowest BCUT2D eigenvalue weighted by atomic mass is 9.97. The SMILES string of the molecule is Cc1ccccc1[C@H](OC[C@@H](O)C[NH+]1CCC[C@H](O)C1)c1ccccc1. The molecule has 0 aromatic heterocycles. The molecule has 140 valence electrons. The predicted molar refractivity (Wildman–Crippen MR) is 102 cm³/mol. The molecule has 1 fully saturated rings. The van der Waals surface area contributed by atoms with Crippen LogP contribution < -0.4 is 4.90 Å². The molecule has 1 heterocycles. The van der Waals surface area contributed by atoms with Crippen LogP contribution in [0.2, 0.25) is 0 Å². The Labute approximate surface area is 156 Å². The van der Waals surface area contributed by atoms with E-state index in [1.54, 1.807) is 0 Å². The molecule has 0 bridgehead atoms. The molecule has 4 heteroatoms. The van der Waals surface area contributed by atoms with E-state index >= 15 is 0 Å². The molecule has 26 heavy (non-hydrogen) atoms. The van der Waals surface area contributed by atoms with Crippen molar-refractivity contribution < 1.29 is 19.8 Å². The van der Waals surface area contributed by atoms with E-state index in [0.29, 0.717) is 6.54 Å². The summed E-state index contributed by atoms with van der Waals surface area (Å²) in [6, 6.07) is 18.4. The average molecular weight is 356 g/mol. The summed E-state index contributed by atoms with van der Waals surface area (Å²) >= 11 is 0. The van der Waals surface area contributed by atoms with Crippen LogP contribution in [0.25, 0.3) is 0 Å². The zero-order chi connectivity index (χ0) is 18.4. The number of aryl methyl sites for hydroxylation is 1. The summed E-state index contributed by atoms with van der Waals surface area (Å²) in [5, 5.41) is 20.3. The Kier molecular flexibility index (Phi) is 6.80. The molecular formula is C22H30NO3+. The summed E-state index contributed by atoms with van der Waals surface area (Å²) in [4.78, 5) is 1.26. The normalized spacial score (nSPS) is 22.7. The minimum atomic E-state index is -0.537.